The van der Waals surface area contributed by atoms with E-state index < -0.39 is 0 Å². The third kappa shape index (κ3) is 2.45. The fraction of sp³-hybridized carbons (Fsp3) is 0.667. The van der Waals surface area contributed by atoms with Gasteiger partial charge in [-0.05, 0) is 37.3 Å². The van der Waals surface area contributed by atoms with Gasteiger partial charge in [-0.2, -0.15) is 0 Å². The summed E-state index contributed by atoms with van der Waals surface area (Å²) in [5.74, 6) is 1.36. The molecule has 23 heavy (non-hydrogen) atoms. The molecule has 0 spiro atoms. The lowest BCUT2D eigenvalue weighted by molar-refractivity contribution is 0.181. The summed E-state index contributed by atoms with van der Waals surface area (Å²) < 4.78 is 2.17. The van der Waals surface area contributed by atoms with E-state index in [2.05, 4.69) is 30.4 Å². The van der Waals surface area contributed by atoms with E-state index in [0.29, 0.717) is 17.4 Å². The van der Waals surface area contributed by atoms with Crippen LogP contribution in [-0.2, 0) is 13.0 Å². The highest BCUT2D eigenvalue weighted by Crippen LogP contribution is 2.38. The average molecular weight is 331 g/mol. The van der Waals surface area contributed by atoms with Crippen molar-refractivity contribution >= 4 is 21.6 Å². The van der Waals surface area contributed by atoms with Gasteiger partial charge in [0.15, 0.2) is 0 Å². The van der Waals surface area contributed by atoms with Crippen LogP contribution in [0.5, 0.6) is 0 Å². The molecule has 1 aliphatic heterocycles. The number of rotatable bonds is 1. The quantitative estimate of drug-likeness (QED) is 0.869. The maximum atomic E-state index is 8.85. The van der Waals surface area contributed by atoms with Crippen LogP contribution in [0, 0.1) is 17.2 Å². The molecule has 0 amide bonds. The second kappa shape index (κ2) is 5.71. The fourth-order valence-corrected chi connectivity index (χ4v) is 5.62. The van der Waals surface area contributed by atoms with Crippen molar-refractivity contribution in [2.24, 2.45) is 11.8 Å². The lowest BCUT2D eigenvalue weighted by Crippen LogP contribution is -2.34. The number of likely N-dealkylation sites (N-methyl/N-ethyl adjacent to an activating group) is 1. The van der Waals surface area contributed by atoms with Gasteiger partial charge in [-0.25, -0.2) is 4.98 Å². The highest BCUT2D eigenvalue weighted by atomic mass is 32.1. The minimum Gasteiger partial charge on any atom is -0.314 e. The van der Waals surface area contributed by atoms with E-state index in [1.165, 1.54) is 29.7 Å². The summed E-state index contributed by atoms with van der Waals surface area (Å²) in [5.41, 5.74) is 2.09. The van der Waals surface area contributed by atoms with E-state index in [-0.39, 0.29) is 0 Å². The smallest absolute Gasteiger partial charge is 0.136 e. The Morgan fingerprint density at radius 2 is 2.13 bits per heavy atom. The largest absolute Gasteiger partial charge is 0.314 e. The number of aromatic nitrogens is 2. The highest BCUT2D eigenvalue weighted by molar-refractivity contribution is 7.18. The molecule has 0 radical (unpaired) electrons. The summed E-state index contributed by atoms with van der Waals surface area (Å²) in [4.78, 5) is 9.58. The Labute approximate surface area is 141 Å². The van der Waals surface area contributed by atoms with Gasteiger partial charge in [0.25, 0.3) is 0 Å². The minimum absolute atomic E-state index is 0.435. The third-order valence-corrected chi connectivity index (χ3v) is 7.17. The van der Waals surface area contributed by atoms with Crippen LogP contribution in [0.15, 0.2) is 6.33 Å². The first kappa shape index (κ1) is 15.3. The summed E-state index contributed by atoms with van der Waals surface area (Å²) >= 11 is 1.79. The molecule has 1 aliphatic carbocycles. The van der Waals surface area contributed by atoms with Gasteiger partial charge >= 0.3 is 0 Å². The maximum Gasteiger partial charge on any atom is 0.136 e. The Balaban J connectivity index is 1.83. The number of hydrogen-bond donors (Lipinski definition) is 1. The molecule has 0 saturated heterocycles. The van der Waals surface area contributed by atoms with Crippen LogP contribution in [0.25, 0.3) is 10.2 Å². The molecule has 5 heteroatoms. The van der Waals surface area contributed by atoms with Gasteiger partial charge in [-0.1, -0.05) is 26.7 Å². The second-order valence-corrected chi connectivity index (χ2v) is 8.59. The van der Waals surface area contributed by atoms with Crippen LogP contribution in [-0.4, -0.2) is 28.0 Å². The first-order chi connectivity index (χ1) is 11.1. The summed E-state index contributed by atoms with van der Waals surface area (Å²) in [5, 5.41) is 9.99. The van der Waals surface area contributed by atoms with Crippen molar-refractivity contribution in [3.05, 3.63) is 22.3 Å². The lowest BCUT2D eigenvalue weighted by Gasteiger charge is -2.35. The van der Waals surface area contributed by atoms with Crippen LogP contribution < -0.4 is 5.49 Å². The van der Waals surface area contributed by atoms with Crippen molar-refractivity contribution in [2.45, 2.75) is 52.1 Å². The van der Waals surface area contributed by atoms with Gasteiger partial charge in [0.2, 0.25) is 0 Å². The maximum absolute atomic E-state index is 8.85. The van der Waals surface area contributed by atoms with Crippen molar-refractivity contribution < 1.29 is 0 Å². The van der Waals surface area contributed by atoms with Crippen LogP contribution in [0.1, 0.15) is 49.6 Å². The van der Waals surface area contributed by atoms with Gasteiger partial charge < -0.3 is 9.47 Å². The fourth-order valence-electron chi connectivity index (χ4n) is 4.35. The normalized spacial score (nSPS) is 28.9. The van der Waals surface area contributed by atoms with Gasteiger partial charge in [0.05, 0.1) is 11.7 Å². The Bertz CT molecular complexity index is 790. The molecule has 124 valence electrons. The summed E-state index contributed by atoms with van der Waals surface area (Å²) in [7, 11) is 2.17. The van der Waals surface area contributed by atoms with Crippen LogP contribution in [0.2, 0.25) is 0 Å². The molecule has 2 aromatic heterocycles. The van der Waals surface area contributed by atoms with E-state index in [1.807, 2.05) is 6.33 Å². The second-order valence-electron chi connectivity index (χ2n) is 7.51. The zero-order valence-corrected chi connectivity index (χ0v) is 15.1. The van der Waals surface area contributed by atoms with Crippen molar-refractivity contribution in [1.82, 2.24) is 14.5 Å². The Kier molecular flexibility index (Phi) is 3.81. The molecular weight excluding hydrogens is 304 g/mol. The van der Waals surface area contributed by atoms with E-state index in [9.17, 15) is 0 Å². The molecule has 1 fully saturated rings. The van der Waals surface area contributed by atoms with E-state index in [4.69, 9.17) is 10.4 Å². The van der Waals surface area contributed by atoms with Crippen molar-refractivity contribution in [2.75, 3.05) is 13.6 Å². The number of nitrogens with one attached hydrogen (secondary N) is 1. The van der Waals surface area contributed by atoms with Gasteiger partial charge in [0.1, 0.15) is 10.3 Å². The molecule has 1 saturated carbocycles. The van der Waals surface area contributed by atoms with Crippen LogP contribution in [0.4, 0.5) is 0 Å². The van der Waals surface area contributed by atoms with Gasteiger partial charge in [0, 0.05) is 24.0 Å². The molecule has 1 N–H and O–H groups in total. The Morgan fingerprint density at radius 3 is 2.96 bits per heavy atom. The highest BCUT2D eigenvalue weighted by Gasteiger charge is 2.29. The number of nitrogens with zero attached hydrogens (tertiary/aromatic N) is 3. The van der Waals surface area contributed by atoms with Crippen molar-refractivity contribution in [3.8, 4) is 0 Å². The van der Waals surface area contributed by atoms with E-state index in [0.717, 1.165) is 35.6 Å². The first-order valence-corrected chi connectivity index (χ1v) is 9.62. The summed E-state index contributed by atoms with van der Waals surface area (Å²) in [6.07, 6.45) is 6.77. The molecule has 3 unspecified atom stereocenters. The average Bonchev–Trinajstić information content (AvgIpc) is 2.89. The molecule has 4 rings (SSSR count). The van der Waals surface area contributed by atoms with Gasteiger partial charge in [-0.3, -0.25) is 5.41 Å². The zero-order chi connectivity index (χ0) is 16.1. The topological polar surface area (TPSA) is 44.9 Å². The Morgan fingerprint density at radius 1 is 1.30 bits per heavy atom. The molecule has 4 nitrogen and oxygen atoms in total. The monoisotopic (exact) mass is 330 g/mol. The molecule has 3 heterocycles. The number of thiophene rings is 1. The minimum atomic E-state index is 0.435. The predicted molar refractivity (Wildman–Crippen MR) is 94.7 cm³/mol. The van der Waals surface area contributed by atoms with E-state index >= 15 is 0 Å². The van der Waals surface area contributed by atoms with Crippen molar-refractivity contribution in [3.63, 3.8) is 0 Å². The SMILES string of the molecule is CC1CCCC(n2cnc3sc4c(c3c2=N)CCN(C)C4)C1C. The molecule has 0 bridgehead atoms. The first-order valence-electron chi connectivity index (χ1n) is 8.80. The predicted octanol–water partition coefficient (Wildman–Crippen LogP) is 3.56. The summed E-state index contributed by atoms with van der Waals surface area (Å²) in [6.45, 7) is 6.80. The van der Waals surface area contributed by atoms with Crippen molar-refractivity contribution in [1.29, 1.82) is 5.41 Å². The molecule has 3 atom stereocenters. The third-order valence-electron chi connectivity index (χ3n) is 6.04. The van der Waals surface area contributed by atoms with Crippen LogP contribution >= 0.6 is 11.3 Å². The lowest BCUT2D eigenvalue weighted by atomic mass is 9.78. The standard InChI is InChI=1S/C18H26N4S/c1-11-5-4-6-14(12(11)2)22-10-20-18-16(17(22)19)13-7-8-21(3)9-15(13)23-18/h10-12,14,19H,4-9H2,1-3H3. The Hall–Kier alpha value is -1.20. The van der Waals surface area contributed by atoms with Gasteiger partial charge in [-0.15, -0.1) is 11.3 Å². The molecular formula is C18H26N4S. The number of fused-ring (bicyclic) bond motifs is 3. The summed E-state index contributed by atoms with van der Waals surface area (Å²) in [6, 6.07) is 0.435. The zero-order valence-electron chi connectivity index (χ0n) is 14.3. The number of hydrogen-bond acceptors (Lipinski definition) is 4. The van der Waals surface area contributed by atoms with Crippen LogP contribution in [0.3, 0.4) is 0 Å². The molecule has 0 aromatic carbocycles. The van der Waals surface area contributed by atoms with E-state index in [1.54, 1.807) is 11.3 Å². The molecule has 2 aliphatic rings. The molecule has 2 aromatic rings.